The molecule has 0 spiro atoms. The van der Waals surface area contributed by atoms with Crippen LogP contribution in [0.25, 0.3) is 0 Å². The third-order valence-corrected chi connectivity index (χ3v) is 11.2. The number of aromatic nitrogens is 2. The van der Waals surface area contributed by atoms with Gasteiger partial charge in [0.15, 0.2) is 0 Å². The van der Waals surface area contributed by atoms with Crippen molar-refractivity contribution in [3.63, 3.8) is 0 Å². The van der Waals surface area contributed by atoms with E-state index in [2.05, 4.69) is 55.9 Å². The number of thiazole rings is 2. The van der Waals surface area contributed by atoms with E-state index in [4.69, 9.17) is 9.47 Å². The molecule has 1 aliphatic carbocycles. The molecule has 0 radical (unpaired) electrons. The standard InChI is InChI=1S/C27H31NO3S.C13H13NO3S/c1-26(2)11-12-27(3,4)23-15-18(5-10-22(23)26)17-31-20-8-6-19(7-9-20)21(16-24(29)30)25-28-13-14-32-25;1-17-12(16)8-11(13-14-6-7-18-13)9-2-4-10(15)5-3-9/h5-10,13-15,21H,11-12,16-17H2,1-4H3,(H,29,30);2-7,11,15H,8H2,1H3/t21-;11-/m00/s1. The summed E-state index contributed by atoms with van der Waals surface area (Å²) in [5.41, 5.74) is 6.33. The van der Waals surface area contributed by atoms with Crippen molar-refractivity contribution in [2.75, 3.05) is 7.11 Å². The highest BCUT2D eigenvalue weighted by atomic mass is 32.1. The topological polar surface area (TPSA) is 119 Å². The Morgan fingerprint density at radius 3 is 1.84 bits per heavy atom. The molecule has 1 aliphatic rings. The summed E-state index contributed by atoms with van der Waals surface area (Å²) < 4.78 is 10.8. The van der Waals surface area contributed by atoms with E-state index < -0.39 is 5.97 Å². The van der Waals surface area contributed by atoms with Gasteiger partial charge in [-0.25, -0.2) is 9.97 Å². The number of carboxylic acid groups (broad SMARTS) is 1. The van der Waals surface area contributed by atoms with Gasteiger partial charge in [-0.3, -0.25) is 9.59 Å². The minimum absolute atomic E-state index is 0.0228. The predicted octanol–water partition coefficient (Wildman–Crippen LogP) is 9.22. The number of aromatic hydroxyl groups is 1. The molecule has 3 aromatic carbocycles. The van der Waals surface area contributed by atoms with Crippen molar-refractivity contribution in [3.05, 3.63) is 128 Å². The number of fused-ring (bicyclic) bond motifs is 1. The highest BCUT2D eigenvalue weighted by molar-refractivity contribution is 7.09. The number of carboxylic acids is 1. The number of esters is 1. The Balaban J connectivity index is 0.000000228. The maximum Gasteiger partial charge on any atom is 0.306 e. The maximum atomic E-state index is 11.5. The molecular weight excluding hydrogens is 669 g/mol. The fraction of sp³-hybridized carbons (Fsp3) is 0.350. The zero-order valence-corrected chi connectivity index (χ0v) is 30.7. The minimum Gasteiger partial charge on any atom is -0.508 e. The molecule has 0 unspecified atom stereocenters. The van der Waals surface area contributed by atoms with E-state index in [-0.39, 0.29) is 47.2 Å². The summed E-state index contributed by atoms with van der Waals surface area (Å²) in [6.45, 7) is 9.85. The Kier molecular flexibility index (Phi) is 11.8. The van der Waals surface area contributed by atoms with Crippen molar-refractivity contribution in [2.24, 2.45) is 0 Å². The van der Waals surface area contributed by atoms with Gasteiger partial charge in [-0.15, -0.1) is 22.7 Å². The zero-order chi connectivity index (χ0) is 35.9. The van der Waals surface area contributed by atoms with E-state index >= 15 is 0 Å². The van der Waals surface area contributed by atoms with Crippen molar-refractivity contribution >= 4 is 34.6 Å². The molecule has 0 aliphatic heterocycles. The largest absolute Gasteiger partial charge is 0.508 e. The fourth-order valence-electron chi connectivity index (χ4n) is 6.33. The lowest BCUT2D eigenvalue weighted by molar-refractivity contribution is -0.141. The molecule has 0 fully saturated rings. The molecule has 262 valence electrons. The number of phenolic OH excluding ortho intramolecular Hbond substituents is 1. The van der Waals surface area contributed by atoms with Gasteiger partial charge in [0.2, 0.25) is 0 Å². The first kappa shape index (κ1) is 36.7. The summed E-state index contributed by atoms with van der Waals surface area (Å²) in [6, 6.07) is 21.3. The number of hydrogen-bond acceptors (Lipinski definition) is 9. The van der Waals surface area contributed by atoms with Gasteiger partial charge in [0, 0.05) is 35.0 Å². The number of carbonyl (C=O) groups excluding carboxylic acids is 1. The molecule has 10 heteroatoms. The molecule has 2 heterocycles. The van der Waals surface area contributed by atoms with Gasteiger partial charge in [-0.2, -0.15) is 0 Å². The summed E-state index contributed by atoms with van der Waals surface area (Å²) in [5, 5.41) is 24.0. The summed E-state index contributed by atoms with van der Waals surface area (Å²) in [5.74, 6) is -0.493. The van der Waals surface area contributed by atoms with Crippen LogP contribution in [-0.4, -0.2) is 39.2 Å². The lowest BCUT2D eigenvalue weighted by atomic mass is 9.63. The molecule has 2 atom stereocenters. The molecule has 2 N–H and O–H groups in total. The summed E-state index contributed by atoms with van der Waals surface area (Å²) >= 11 is 2.99. The lowest BCUT2D eigenvalue weighted by Gasteiger charge is -2.42. The molecule has 0 bridgehead atoms. The van der Waals surface area contributed by atoms with E-state index in [1.807, 2.05) is 35.0 Å². The quantitative estimate of drug-likeness (QED) is 0.130. The first-order valence-electron chi connectivity index (χ1n) is 16.6. The average molecular weight is 713 g/mol. The normalized spacial score (nSPS) is 15.5. The van der Waals surface area contributed by atoms with Crippen LogP contribution >= 0.6 is 22.7 Å². The number of phenols is 1. The Hall–Kier alpha value is -4.54. The van der Waals surface area contributed by atoms with Crippen LogP contribution in [0.15, 0.2) is 89.9 Å². The fourth-order valence-corrected chi connectivity index (χ4v) is 7.86. The molecule has 2 aromatic heterocycles. The van der Waals surface area contributed by atoms with Crippen molar-refractivity contribution in [1.29, 1.82) is 0 Å². The third kappa shape index (κ3) is 9.17. The lowest BCUT2D eigenvalue weighted by Crippen LogP contribution is -2.33. The van der Waals surface area contributed by atoms with Crippen LogP contribution < -0.4 is 4.74 Å². The zero-order valence-electron chi connectivity index (χ0n) is 29.1. The number of rotatable bonds is 11. The Labute approximate surface area is 301 Å². The number of aliphatic carboxylic acids is 1. The highest BCUT2D eigenvalue weighted by Crippen LogP contribution is 2.46. The second kappa shape index (κ2) is 16.0. The van der Waals surface area contributed by atoms with E-state index in [0.717, 1.165) is 26.9 Å². The van der Waals surface area contributed by atoms with Crippen LogP contribution in [-0.2, 0) is 31.8 Å². The average Bonchev–Trinajstić information content (AvgIpc) is 3.84. The minimum atomic E-state index is -0.830. The van der Waals surface area contributed by atoms with Crippen LogP contribution in [0.2, 0.25) is 0 Å². The molecule has 0 saturated heterocycles. The molecule has 0 saturated carbocycles. The third-order valence-electron chi connectivity index (χ3n) is 9.38. The van der Waals surface area contributed by atoms with Crippen molar-refractivity contribution < 1.29 is 29.3 Å². The number of benzene rings is 3. The molecule has 8 nitrogen and oxygen atoms in total. The Morgan fingerprint density at radius 2 is 1.32 bits per heavy atom. The van der Waals surface area contributed by atoms with Gasteiger partial charge < -0.3 is 19.7 Å². The van der Waals surface area contributed by atoms with Crippen LogP contribution in [0.5, 0.6) is 11.5 Å². The second-order valence-electron chi connectivity index (χ2n) is 13.8. The smallest absolute Gasteiger partial charge is 0.306 e. The summed E-state index contributed by atoms with van der Waals surface area (Å²) in [6.07, 6.45) is 6.09. The van der Waals surface area contributed by atoms with E-state index in [1.165, 1.54) is 59.3 Å². The maximum absolute atomic E-state index is 11.5. The summed E-state index contributed by atoms with van der Waals surface area (Å²) in [7, 11) is 1.37. The van der Waals surface area contributed by atoms with E-state index in [1.54, 1.807) is 36.7 Å². The number of methoxy groups -OCH3 is 1. The van der Waals surface area contributed by atoms with Gasteiger partial charge in [-0.1, -0.05) is 70.2 Å². The van der Waals surface area contributed by atoms with Crippen LogP contribution in [0.3, 0.4) is 0 Å². The van der Waals surface area contributed by atoms with E-state index in [0.29, 0.717) is 6.61 Å². The van der Waals surface area contributed by atoms with Crippen molar-refractivity contribution in [1.82, 2.24) is 9.97 Å². The molecular formula is C40H44N2O6S2. The van der Waals surface area contributed by atoms with Gasteiger partial charge in [0.1, 0.15) is 28.1 Å². The second-order valence-corrected chi connectivity index (χ2v) is 15.7. The van der Waals surface area contributed by atoms with Crippen molar-refractivity contribution in [2.45, 2.75) is 82.7 Å². The van der Waals surface area contributed by atoms with Crippen LogP contribution in [0.1, 0.15) is 103 Å². The number of ether oxygens (including phenoxy) is 2. The molecule has 5 aromatic rings. The van der Waals surface area contributed by atoms with Gasteiger partial charge in [0.05, 0.1) is 20.0 Å². The predicted molar refractivity (Wildman–Crippen MR) is 197 cm³/mol. The molecule has 6 rings (SSSR count). The van der Waals surface area contributed by atoms with E-state index in [9.17, 15) is 19.8 Å². The van der Waals surface area contributed by atoms with Gasteiger partial charge in [0.25, 0.3) is 0 Å². The number of hydrogen-bond donors (Lipinski definition) is 2. The molecule has 0 amide bonds. The van der Waals surface area contributed by atoms with Gasteiger partial charge in [-0.05, 0) is 75.8 Å². The molecule has 50 heavy (non-hydrogen) atoms. The van der Waals surface area contributed by atoms with Crippen molar-refractivity contribution in [3.8, 4) is 11.5 Å². The number of carbonyl (C=O) groups is 2. The van der Waals surface area contributed by atoms with Crippen LogP contribution in [0.4, 0.5) is 0 Å². The SMILES string of the molecule is CC1(C)CCC(C)(C)c2cc(COc3ccc([C@H](CC(=O)O)c4nccs4)cc3)ccc21.COC(=O)C[C@@H](c1ccc(O)cc1)c1nccs1. The monoisotopic (exact) mass is 712 g/mol. The van der Waals surface area contributed by atoms with Crippen LogP contribution in [0, 0.1) is 0 Å². The Bertz CT molecular complexity index is 1850. The Morgan fingerprint density at radius 1 is 0.780 bits per heavy atom. The summed E-state index contributed by atoms with van der Waals surface area (Å²) in [4.78, 5) is 31.4. The number of nitrogens with zero attached hydrogens (tertiary/aromatic N) is 2. The first-order valence-corrected chi connectivity index (χ1v) is 18.3. The first-order chi connectivity index (χ1) is 23.9. The highest BCUT2D eigenvalue weighted by Gasteiger charge is 2.37. The van der Waals surface area contributed by atoms with Gasteiger partial charge >= 0.3 is 11.9 Å².